The van der Waals surface area contributed by atoms with E-state index < -0.39 is 0 Å². The zero-order chi connectivity index (χ0) is 9.84. The maximum atomic E-state index is 10.5. The number of carbonyl (C=O) groups is 1. The van der Waals surface area contributed by atoms with Crippen molar-refractivity contribution >= 4 is 6.29 Å². The highest BCUT2D eigenvalue weighted by molar-refractivity contribution is 5.72. The van der Waals surface area contributed by atoms with Crippen molar-refractivity contribution in [2.45, 2.75) is 13.5 Å². The zero-order valence-electron chi connectivity index (χ0n) is 8.19. The van der Waals surface area contributed by atoms with E-state index in [-0.39, 0.29) is 0 Å². The molecule has 5 nitrogen and oxygen atoms in total. The van der Waals surface area contributed by atoms with Crippen LogP contribution in [0.2, 0.25) is 0 Å². The van der Waals surface area contributed by atoms with Gasteiger partial charge >= 0.3 is 0 Å². The Bertz CT molecular complexity index is 292. The lowest BCUT2D eigenvalue weighted by atomic mass is 10.4. The van der Waals surface area contributed by atoms with E-state index in [4.69, 9.17) is 0 Å². The van der Waals surface area contributed by atoms with Gasteiger partial charge in [-0.05, 0) is 21.0 Å². The minimum atomic E-state index is 0.429. The maximum Gasteiger partial charge on any atom is 0.172 e. The highest BCUT2D eigenvalue weighted by Gasteiger charge is 2.06. The van der Waals surface area contributed by atoms with Gasteiger partial charge in [0, 0.05) is 6.54 Å². The van der Waals surface area contributed by atoms with Crippen LogP contribution in [0.15, 0.2) is 0 Å². The lowest BCUT2D eigenvalue weighted by Crippen LogP contribution is -2.19. The monoisotopic (exact) mass is 182 g/mol. The third kappa shape index (κ3) is 2.35. The standard InChI is InChI=1S/C8H14N4O/c1-7-8(6-13)9-10-12(7)5-4-11(2)3/h6H,4-5H2,1-3H3. The predicted octanol–water partition coefficient (Wildman–Crippen LogP) is -0.0394. The van der Waals surface area contributed by atoms with Crippen LogP contribution in [0.25, 0.3) is 0 Å². The van der Waals surface area contributed by atoms with Crippen molar-refractivity contribution in [3.8, 4) is 0 Å². The van der Waals surface area contributed by atoms with Crippen molar-refractivity contribution in [2.75, 3.05) is 20.6 Å². The van der Waals surface area contributed by atoms with Crippen LogP contribution in [0.1, 0.15) is 16.2 Å². The van der Waals surface area contributed by atoms with Crippen LogP contribution in [0.3, 0.4) is 0 Å². The number of nitrogens with zero attached hydrogens (tertiary/aromatic N) is 4. The first-order valence-electron chi connectivity index (χ1n) is 4.15. The molecule has 0 spiro atoms. The van der Waals surface area contributed by atoms with Crippen LogP contribution in [0.5, 0.6) is 0 Å². The van der Waals surface area contributed by atoms with E-state index in [0.29, 0.717) is 5.69 Å². The second kappa shape index (κ2) is 4.13. The van der Waals surface area contributed by atoms with Gasteiger partial charge in [0.2, 0.25) is 0 Å². The predicted molar refractivity (Wildman–Crippen MR) is 48.7 cm³/mol. The second-order valence-corrected chi connectivity index (χ2v) is 3.20. The molecule has 0 unspecified atom stereocenters. The molecule has 1 aromatic rings. The summed E-state index contributed by atoms with van der Waals surface area (Å²) in [5, 5.41) is 7.61. The van der Waals surface area contributed by atoms with Crippen LogP contribution >= 0.6 is 0 Å². The van der Waals surface area contributed by atoms with Crippen LogP contribution < -0.4 is 0 Å². The fourth-order valence-corrected chi connectivity index (χ4v) is 0.990. The van der Waals surface area contributed by atoms with E-state index in [2.05, 4.69) is 15.2 Å². The van der Waals surface area contributed by atoms with Crippen molar-refractivity contribution in [3.05, 3.63) is 11.4 Å². The molecular formula is C8H14N4O. The Balaban J connectivity index is 2.67. The smallest absolute Gasteiger partial charge is 0.172 e. The molecule has 0 N–H and O–H groups in total. The molecule has 0 fully saturated rings. The first-order valence-corrected chi connectivity index (χ1v) is 4.15. The fraction of sp³-hybridized carbons (Fsp3) is 0.625. The summed E-state index contributed by atoms with van der Waals surface area (Å²) in [6.07, 6.45) is 0.731. The van der Waals surface area contributed by atoms with Crippen LogP contribution in [0, 0.1) is 6.92 Å². The van der Waals surface area contributed by atoms with E-state index >= 15 is 0 Å². The van der Waals surface area contributed by atoms with E-state index in [1.165, 1.54) is 0 Å². The molecule has 0 saturated carbocycles. The van der Waals surface area contributed by atoms with Crippen LogP contribution in [-0.2, 0) is 6.54 Å². The molecule has 1 aromatic heterocycles. The van der Waals surface area contributed by atoms with Crippen LogP contribution in [0.4, 0.5) is 0 Å². The molecule has 0 aliphatic rings. The Labute approximate surface area is 77.3 Å². The van der Waals surface area contributed by atoms with Crippen molar-refractivity contribution in [2.24, 2.45) is 0 Å². The summed E-state index contributed by atoms with van der Waals surface area (Å²) in [5.41, 5.74) is 1.26. The van der Waals surface area contributed by atoms with Crippen molar-refractivity contribution < 1.29 is 4.79 Å². The minimum Gasteiger partial charge on any atom is -0.308 e. The van der Waals surface area contributed by atoms with Gasteiger partial charge in [-0.3, -0.25) is 4.79 Å². The Morgan fingerprint density at radius 2 is 2.23 bits per heavy atom. The van der Waals surface area contributed by atoms with Crippen molar-refractivity contribution in [1.29, 1.82) is 0 Å². The van der Waals surface area contributed by atoms with E-state index in [1.807, 2.05) is 21.0 Å². The molecule has 13 heavy (non-hydrogen) atoms. The maximum absolute atomic E-state index is 10.5. The van der Waals surface area contributed by atoms with E-state index in [0.717, 1.165) is 25.1 Å². The lowest BCUT2D eigenvalue weighted by molar-refractivity contribution is 0.111. The molecule has 1 heterocycles. The SMILES string of the molecule is Cc1c(C=O)nnn1CCN(C)C. The number of rotatable bonds is 4. The molecule has 0 saturated heterocycles. The average Bonchev–Trinajstić information content (AvgIpc) is 2.43. The average molecular weight is 182 g/mol. The largest absolute Gasteiger partial charge is 0.308 e. The van der Waals surface area contributed by atoms with Gasteiger partial charge in [0.05, 0.1) is 12.2 Å². The molecule has 0 bridgehead atoms. The quantitative estimate of drug-likeness (QED) is 0.613. The number of hydrogen-bond donors (Lipinski definition) is 0. The van der Waals surface area contributed by atoms with Crippen molar-refractivity contribution in [1.82, 2.24) is 19.9 Å². The zero-order valence-corrected chi connectivity index (χ0v) is 8.19. The number of aromatic nitrogens is 3. The molecule has 0 radical (unpaired) electrons. The molecule has 0 atom stereocenters. The van der Waals surface area contributed by atoms with Crippen LogP contribution in [-0.4, -0.2) is 46.8 Å². The minimum absolute atomic E-state index is 0.429. The van der Waals surface area contributed by atoms with E-state index in [1.54, 1.807) is 4.68 Å². The topological polar surface area (TPSA) is 51.0 Å². The summed E-state index contributed by atoms with van der Waals surface area (Å²) < 4.78 is 1.74. The first-order chi connectivity index (χ1) is 6.15. The molecule has 72 valence electrons. The first kappa shape index (κ1) is 9.85. The fourth-order valence-electron chi connectivity index (χ4n) is 0.990. The molecule has 0 aromatic carbocycles. The summed E-state index contributed by atoms with van der Waals surface area (Å²) in [7, 11) is 3.99. The molecular weight excluding hydrogens is 168 g/mol. The number of aldehydes is 1. The van der Waals surface area contributed by atoms with Gasteiger partial charge < -0.3 is 4.90 Å². The summed E-state index contributed by atoms with van der Waals surface area (Å²) in [6.45, 7) is 3.50. The van der Waals surface area contributed by atoms with Crippen molar-refractivity contribution in [3.63, 3.8) is 0 Å². The van der Waals surface area contributed by atoms with Gasteiger partial charge in [-0.15, -0.1) is 5.10 Å². The Kier molecular flexibility index (Phi) is 3.13. The molecule has 5 heteroatoms. The molecule has 0 amide bonds. The van der Waals surface area contributed by atoms with Gasteiger partial charge in [-0.25, -0.2) is 4.68 Å². The highest BCUT2D eigenvalue weighted by Crippen LogP contribution is 1.99. The Morgan fingerprint density at radius 1 is 1.54 bits per heavy atom. The Hall–Kier alpha value is -1.23. The lowest BCUT2D eigenvalue weighted by Gasteiger charge is -2.09. The van der Waals surface area contributed by atoms with Gasteiger partial charge in [0.25, 0.3) is 0 Å². The summed E-state index contributed by atoms with van der Waals surface area (Å²) in [4.78, 5) is 12.5. The van der Waals surface area contributed by atoms with Gasteiger partial charge in [-0.1, -0.05) is 5.21 Å². The Morgan fingerprint density at radius 3 is 2.69 bits per heavy atom. The molecule has 1 rings (SSSR count). The molecule has 0 aliphatic heterocycles. The number of carbonyl (C=O) groups excluding carboxylic acids is 1. The molecule has 0 aliphatic carbocycles. The summed E-state index contributed by atoms with van der Waals surface area (Å²) in [6, 6.07) is 0. The van der Waals surface area contributed by atoms with Gasteiger partial charge in [-0.2, -0.15) is 0 Å². The second-order valence-electron chi connectivity index (χ2n) is 3.20. The normalized spacial score (nSPS) is 10.8. The van der Waals surface area contributed by atoms with E-state index in [9.17, 15) is 4.79 Å². The summed E-state index contributed by atoms with van der Waals surface area (Å²) in [5.74, 6) is 0. The third-order valence-corrected chi connectivity index (χ3v) is 1.89. The number of hydrogen-bond acceptors (Lipinski definition) is 4. The third-order valence-electron chi connectivity index (χ3n) is 1.89. The number of likely N-dealkylation sites (N-methyl/N-ethyl adjacent to an activating group) is 1. The van der Waals surface area contributed by atoms with Gasteiger partial charge in [0.15, 0.2) is 6.29 Å². The summed E-state index contributed by atoms with van der Waals surface area (Å²) >= 11 is 0. The van der Waals surface area contributed by atoms with Gasteiger partial charge in [0.1, 0.15) is 5.69 Å². The highest BCUT2D eigenvalue weighted by atomic mass is 16.1.